The van der Waals surface area contributed by atoms with Gasteiger partial charge in [-0.3, -0.25) is 0 Å². The third kappa shape index (κ3) is 6.52. The van der Waals surface area contributed by atoms with Crippen molar-refractivity contribution in [2.45, 2.75) is 20.0 Å². The van der Waals surface area contributed by atoms with E-state index in [4.69, 9.17) is 21.7 Å². The largest absolute Gasteiger partial charge is 0.382 e. The summed E-state index contributed by atoms with van der Waals surface area (Å²) in [4.78, 5) is 0. The monoisotopic (exact) mass is 282 g/mol. The van der Waals surface area contributed by atoms with Crippen LogP contribution in [-0.2, 0) is 16.1 Å². The highest BCUT2D eigenvalue weighted by Crippen LogP contribution is 2.15. The van der Waals surface area contributed by atoms with Crippen molar-refractivity contribution < 1.29 is 9.47 Å². The van der Waals surface area contributed by atoms with Gasteiger partial charge >= 0.3 is 0 Å². The van der Waals surface area contributed by atoms with Crippen LogP contribution in [0.5, 0.6) is 0 Å². The molecule has 0 radical (unpaired) electrons. The van der Waals surface area contributed by atoms with Gasteiger partial charge in [-0.25, -0.2) is 0 Å². The Hall–Kier alpha value is -1.17. The lowest BCUT2D eigenvalue weighted by Crippen LogP contribution is -2.30. The zero-order valence-corrected chi connectivity index (χ0v) is 12.4. The van der Waals surface area contributed by atoms with E-state index in [9.17, 15) is 0 Å². The summed E-state index contributed by atoms with van der Waals surface area (Å²) in [5.74, 6) is 0. The quantitative estimate of drug-likeness (QED) is 0.566. The van der Waals surface area contributed by atoms with Gasteiger partial charge < -0.3 is 20.1 Å². The molecule has 0 heterocycles. The molecule has 0 saturated carbocycles. The minimum atomic E-state index is 0.566. The molecule has 0 aromatic heterocycles. The van der Waals surface area contributed by atoms with Crippen LogP contribution in [0.3, 0.4) is 0 Å². The maximum atomic E-state index is 5.26. The average Bonchev–Trinajstić information content (AvgIpc) is 2.41. The minimum absolute atomic E-state index is 0.566. The minimum Gasteiger partial charge on any atom is -0.382 e. The van der Waals surface area contributed by atoms with E-state index in [1.54, 1.807) is 7.11 Å². The van der Waals surface area contributed by atoms with Crippen LogP contribution in [0.4, 0.5) is 5.69 Å². The first-order valence-corrected chi connectivity index (χ1v) is 6.88. The molecule has 4 nitrogen and oxygen atoms in total. The molecule has 0 fully saturated rings. The molecule has 1 rings (SSSR count). The van der Waals surface area contributed by atoms with Crippen LogP contribution in [0.2, 0.25) is 0 Å². The Balaban J connectivity index is 2.35. The molecule has 19 heavy (non-hydrogen) atoms. The zero-order chi connectivity index (χ0) is 13.9. The fourth-order valence-electron chi connectivity index (χ4n) is 1.61. The number of rotatable bonds is 8. The van der Waals surface area contributed by atoms with Crippen molar-refractivity contribution in [1.82, 2.24) is 5.32 Å². The topological polar surface area (TPSA) is 42.5 Å². The number of hydrogen-bond donors (Lipinski definition) is 2. The predicted octanol–water partition coefficient (Wildman–Crippen LogP) is 2.55. The maximum Gasteiger partial charge on any atom is 0.170 e. The van der Waals surface area contributed by atoms with Crippen molar-refractivity contribution in [2.24, 2.45) is 0 Å². The van der Waals surface area contributed by atoms with Crippen LogP contribution in [0.15, 0.2) is 24.3 Å². The Morgan fingerprint density at radius 2 is 2.11 bits per heavy atom. The summed E-state index contributed by atoms with van der Waals surface area (Å²) in [5.41, 5.74) is 2.06. The smallest absolute Gasteiger partial charge is 0.170 e. The van der Waals surface area contributed by atoms with Gasteiger partial charge in [-0.2, -0.15) is 0 Å². The van der Waals surface area contributed by atoms with Gasteiger partial charge in [-0.05, 0) is 31.6 Å². The Kier molecular flexibility index (Phi) is 8.13. The van der Waals surface area contributed by atoms with E-state index in [-0.39, 0.29) is 0 Å². The highest BCUT2D eigenvalue weighted by molar-refractivity contribution is 7.80. The zero-order valence-electron chi connectivity index (χ0n) is 11.6. The fraction of sp³-hybridized carbons (Fsp3) is 0.500. The van der Waals surface area contributed by atoms with Crippen LogP contribution >= 0.6 is 12.2 Å². The Morgan fingerprint density at radius 3 is 2.84 bits per heavy atom. The SMILES string of the molecule is CCOCCCNC(=S)Nc1ccccc1COC. The van der Waals surface area contributed by atoms with Crippen LogP contribution in [-0.4, -0.2) is 32.0 Å². The van der Waals surface area contributed by atoms with Gasteiger partial charge in [0.15, 0.2) is 5.11 Å². The van der Waals surface area contributed by atoms with Crippen molar-refractivity contribution in [3.63, 3.8) is 0 Å². The molecule has 1 aromatic carbocycles. The van der Waals surface area contributed by atoms with Crippen LogP contribution < -0.4 is 10.6 Å². The molecule has 0 amide bonds. The van der Waals surface area contributed by atoms with Crippen molar-refractivity contribution in [3.8, 4) is 0 Å². The van der Waals surface area contributed by atoms with E-state index in [0.717, 1.165) is 37.4 Å². The molecule has 1 aromatic rings. The molecule has 0 aliphatic rings. The van der Waals surface area contributed by atoms with E-state index >= 15 is 0 Å². The maximum absolute atomic E-state index is 5.26. The molecule has 0 atom stereocenters. The van der Waals surface area contributed by atoms with E-state index in [1.165, 1.54) is 0 Å². The first-order chi connectivity index (χ1) is 9.27. The Labute approximate surface area is 120 Å². The first kappa shape index (κ1) is 15.9. The number of ether oxygens (including phenoxy) is 2. The van der Waals surface area contributed by atoms with Crippen LogP contribution in [0.25, 0.3) is 0 Å². The van der Waals surface area contributed by atoms with E-state index in [1.807, 2.05) is 31.2 Å². The second-order valence-corrected chi connectivity index (χ2v) is 4.43. The second kappa shape index (κ2) is 9.72. The summed E-state index contributed by atoms with van der Waals surface area (Å²) in [7, 11) is 1.68. The van der Waals surface area contributed by atoms with Gasteiger partial charge in [0, 0.05) is 38.1 Å². The number of hydrogen-bond acceptors (Lipinski definition) is 3. The van der Waals surface area contributed by atoms with Gasteiger partial charge in [-0.15, -0.1) is 0 Å². The predicted molar refractivity (Wildman–Crippen MR) is 82.5 cm³/mol. The summed E-state index contributed by atoms with van der Waals surface area (Å²) in [5, 5.41) is 6.97. The van der Waals surface area contributed by atoms with E-state index in [2.05, 4.69) is 10.6 Å². The van der Waals surface area contributed by atoms with Crippen molar-refractivity contribution >= 4 is 23.0 Å². The normalized spacial score (nSPS) is 10.2. The number of methoxy groups -OCH3 is 1. The lowest BCUT2D eigenvalue weighted by molar-refractivity contribution is 0.146. The number of benzene rings is 1. The summed E-state index contributed by atoms with van der Waals surface area (Å²) >= 11 is 5.25. The summed E-state index contributed by atoms with van der Waals surface area (Å²) in [6.07, 6.45) is 0.940. The van der Waals surface area contributed by atoms with Gasteiger partial charge in [0.05, 0.1) is 6.61 Å². The molecule has 5 heteroatoms. The van der Waals surface area contributed by atoms with Gasteiger partial charge in [0.25, 0.3) is 0 Å². The second-order valence-electron chi connectivity index (χ2n) is 4.02. The fourth-order valence-corrected chi connectivity index (χ4v) is 1.82. The molecule has 0 aliphatic carbocycles. The molecule has 0 unspecified atom stereocenters. The lowest BCUT2D eigenvalue weighted by atomic mass is 10.2. The molecule has 2 N–H and O–H groups in total. The summed E-state index contributed by atoms with van der Waals surface area (Å²) in [6.45, 7) is 4.88. The van der Waals surface area contributed by atoms with Crippen LogP contribution in [0.1, 0.15) is 18.9 Å². The van der Waals surface area contributed by atoms with Crippen LogP contribution in [0, 0.1) is 0 Å². The molecular weight excluding hydrogens is 260 g/mol. The Morgan fingerprint density at radius 1 is 1.32 bits per heavy atom. The molecule has 0 spiro atoms. The van der Waals surface area contributed by atoms with Crippen molar-refractivity contribution in [1.29, 1.82) is 0 Å². The van der Waals surface area contributed by atoms with Crippen molar-refractivity contribution in [2.75, 3.05) is 32.2 Å². The van der Waals surface area contributed by atoms with Gasteiger partial charge in [-0.1, -0.05) is 18.2 Å². The molecule has 0 bridgehead atoms. The van der Waals surface area contributed by atoms with Gasteiger partial charge in [0.2, 0.25) is 0 Å². The molecular formula is C14H22N2O2S. The standard InChI is InChI=1S/C14H22N2O2S/c1-3-18-10-6-9-15-14(19)16-13-8-5-4-7-12(13)11-17-2/h4-5,7-8H,3,6,9-11H2,1-2H3,(H2,15,16,19). The average molecular weight is 282 g/mol. The first-order valence-electron chi connectivity index (χ1n) is 6.47. The number of nitrogens with one attached hydrogen (secondary N) is 2. The number of para-hydroxylation sites is 1. The third-order valence-corrected chi connectivity index (χ3v) is 2.77. The van der Waals surface area contributed by atoms with Gasteiger partial charge in [0.1, 0.15) is 0 Å². The van der Waals surface area contributed by atoms with E-state index < -0.39 is 0 Å². The third-order valence-electron chi connectivity index (χ3n) is 2.52. The highest BCUT2D eigenvalue weighted by atomic mass is 32.1. The van der Waals surface area contributed by atoms with E-state index in [0.29, 0.717) is 11.7 Å². The molecule has 0 saturated heterocycles. The Bertz CT molecular complexity index is 385. The lowest BCUT2D eigenvalue weighted by Gasteiger charge is -2.13. The number of thiocarbonyl (C=S) groups is 1. The highest BCUT2D eigenvalue weighted by Gasteiger charge is 2.02. The summed E-state index contributed by atoms with van der Waals surface area (Å²) < 4.78 is 10.4. The number of anilines is 1. The van der Waals surface area contributed by atoms with Crippen molar-refractivity contribution in [3.05, 3.63) is 29.8 Å². The summed E-state index contributed by atoms with van der Waals surface area (Å²) in [6, 6.07) is 7.96. The molecule has 106 valence electrons. The molecule has 0 aliphatic heterocycles.